The molecule has 0 radical (unpaired) electrons. The fourth-order valence-electron chi connectivity index (χ4n) is 3.36. The van der Waals surface area contributed by atoms with Crippen LogP contribution in [0.15, 0.2) is 0 Å². The molecule has 1 fully saturated rings. The van der Waals surface area contributed by atoms with Gasteiger partial charge in [0.2, 0.25) is 0 Å². The smallest absolute Gasteiger partial charge is 0.0246 e. The molecule has 102 valence electrons. The van der Waals surface area contributed by atoms with Crippen molar-refractivity contribution in [3.05, 3.63) is 0 Å². The van der Waals surface area contributed by atoms with E-state index in [1.807, 2.05) is 0 Å². The molecule has 0 spiro atoms. The Morgan fingerprint density at radius 3 is 2.12 bits per heavy atom. The summed E-state index contributed by atoms with van der Waals surface area (Å²) in [7, 11) is 0. The van der Waals surface area contributed by atoms with Gasteiger partial charge in [0.25, 0.3) is 0 Å². The average molecular weight is 240 g/mol. The third kappa shape index (κ3) is 4.97. The third-order valence-corrected chi connectivity index (χ3v) is 4.32. The molecule has 2 nitrogen and oxygen atoms in total. The zero-order valence-electron chi connectivity index (χ0n) is 12.0. The monoisotopic (exact) mass is 240 g/mol. The molecule has 1 unspecified atom stereocenters. The van der Waals surface area contributed by atoms with Crippen molar-refractivity contribution >= 4 is 0 Å². The lowest BCUT2D eigenvalue weighted by molar-refractivity contribution is 0.134. The van der Waals surface area contributed by atoms with Crippen molar-refractivity contribution in [3.63, 3.8) is 0 Å². The van der Waals surface area contributed by atoms with Crippen molar-refractivity contribution in [2.45, 2.75) is 71.3 Å². The highest BCUT2D eigenvalue weighted by Gasteiger charge is 2.25. The van der Waals surface area contributed by atoms with E-state index in [1.165, 1.54) is 57.9 Å². The van der Waals surface area contributed by atoms with Crippen LogP contribution in [-0.4, -0.2) is 30.6 Å². The summed E-state index contributed by atoms with van der Waals surface area (Å²) in [6.45, 7) is 7.77. The molecule has 1 aliphatic rings. The van der Waals surface area contributed by atoms with Gasteiger partial charge in [0.05, 0.1) is 0 Å². The molecule has 17 heavy (non-hydrogen) atoms. The second kappa shape index (κ2) is 8.93. The number of nitrogens with two attached hydrogens (primary N) is 1. The van der Waals surface area contributed by atoms with Crippen molar-refractivity contribution < 1.29 is 0 Å². The van der Waals surface area contributed by atoms with Crippen molar-refractivity contribution in [3.8, 4) is 0 Å². The molecule has 0 aliphatic heterocycles. The van der Waals surface area contributed by atoms with Gasteiger partial charge in [0.1, 0.15) is 0 Å². The lowest BCUT2D eigenvalue weighted by Crippen LogP contribution is -2.46. The summed E-state index contributed by atoms with van der Waals surface area (Å²) in [4.78, 5) is 2.62. The lowest BCUT2D eigenvalue weighted by Gasteiger charge is -2.36. The fraction of sp³-hybridized carbons (Fsp3) is 1.00. The van der Waals surface area contributed by atoms with Crippen LogP contribution in [0.5, 0.6) is 0 Å². The molecule has 0 amide bonds. The minimum Gasteiger partial charge on any atom is -0.329 e. The number of hydrogen-bond acceptors (Lipinski definition) is 2. The Labute approximate surface area is 108 Å². The van der Waals surface area contributed by atoms with Crippen LogP contribution in [-0.2, 0) is 0 Å². The molecule has 0 aromatic heterocycles. The van der Waals surface area contributed by atoms with Gasteiger partial charge in [-0.15, -0.1) is 0 Å². The van der Waals surface area contributed by atoms with E-state index in [4.69, 9.17) is 5.73 Å². The van der Waals surface area contributed by atoms with Gasteiger partial charge in [-0.1, -0.05) is 46.0 Å². The molecule has 1 saturated carbocycles. The Bertz CT molecular complexity index is 174. The first-order valence-corrected chi connectivity index (χ1v) is 7.77. The van der Waals surface area contributed by atoms with E-state index in [-0.39, 0.29) is 0 Å². The highest BCUT2D eigenvalue weighted by molar-refractivity contribution is 4.81. The first-order valence-electron chi connectivity index (χ1n) is 7.77. The minimum absolute atomic E-state index is 0.637. The molecule has 0 heterocycles. The van der Waals surface area contributed by atoms with Crippen LogP contribution in [0.25, 0.3) is 0 Å². The predicted octanol–water partition coefficient (Wildman–Crippen LogP) is 3.41. The zero-order chi connectivity index (χ0) is 12.5. The Morgan fingerprint density at radius 2 is 1.65 bits per heavy atom. The first kappa shape index (κ1) is 15.0. The highest BCUT2D eigenvalue weighted by Crippen LogP contribution is 2.27. The third-order valence-electron chi connectivity index (χ3n) is 4.32. The minimum atomic E-state index is 0.637. The van der Waals surface area contributed by atoms with Crippen LogP contribution in [0, 0.1) is 5.92 Å². The van der Waals surface area contributed by atoms with Crippen LogP contribution in [0.2, 0.25) is 0 Å². The summed E-state index contributed by atoms with van der Waals surface area (Å²) in [5, 5.41) is 0. The molecular weight excluding hydrogens is 208 g/mol. The van der Waals surface area contributed by atoms with Gasteiger partial charge in [-0.2, -0.15) is 0 Å². The average Bonchev–Trinajstić information content (AvgIpc) is 2.30. The largest absolute Gasteiger partial charge is 0.329 e. The van der Waals surface area contributed by atoms with Crippen molar-refractivity contribution in [2.75, 3.05) is 19.6 Å². The summed E-state index contributed by atoms with van der Waals surface area (Å²) in [5.41, 5.74) is 6.06. The van der Waals surface area contributed by atoms with Gasteiger partial charge in [-0.3, -0.25) is 4.90 Å². The number of hydrogen-bond donors (Lipinski definition) is 1. The van der Waals surface area contributed by atoms with E-state index in [9.17, 15) is 0 Å². The molecule has 0 saturated heterocycles. The molecule has 0 aromatic carbocycles. The summed E-state index contributed by atoms with van der Waals surface area (Å²) < 4.78 is 0. The maximum absolute atomic E-state index is 6.06. The van der Waals surface area contributed by atoms with Gasteiger partial charge in [-0.05, 0) is 38.3 Å². The molecule has 1 aliphatic carbocycles. The molecule has 2 heteroatoms. The van der Waals surface area contributed by atoms with Gasteiger partial charge >= 0.3 is 0 Å². The Balaban J connectivity index is 2.55. The highest BCUT2D eigenvalue weighted by atomic mass is 15.2. The second-order valence-electron chi connectivity index (χ2n) is 5.54. The molecule has 1 atom stereocenters. The maximum atomic E-state index is 6.06. The van der Waals surface area contributed by atoms with E-state index < -0.39 is 0 Å². The summed E-state index contributed by atoms with van der Waals surface area (Å²) in [6.07, 6.45) is 11.2. The quantitative estimate of drug-likeness (QED) is 0.771. The van der Waals surface area contributed by atoms with E-state index >= 15 is 0 Å². The van der Waals surface area contributed by atoms with Crippen LogP contribution in [0.4, 0.5) is 0 Å². The standard InChI is InChI=1S/C15H32N2/c1-3-12-17(4-2)15(13-16)14-10-8-6-5-7-9-11-14/h14-15H,3-13,16H2,1-2H3. The van der Waals surface area contributed by atoms with E-state index in [0.29, 0.717) is 6.04 Å². The molecular formula is C15H32N2. The maximum Gasteiger partial charge on any atom is 0.0246 e. The first-order chi connectivity index (χ1) is 8.33. The lowest BCUT2D eigenvalue weighted by atomic mass is 9.85. The van der Waals surface area contributed by atoms with E-state index in [2.05, 4.69) is 18.7 Å². The molecule has 2 N–H and O–H groups in total. The van der Waals surface area contributed by atoms with Crippen LogP contribution >= 0.6 is 0 Å². The molecule has 1 rings (SSSR count). The predicted molar refractivity (Wildman–Crippen MR) is 76.2 cm³/mol. The zero-order valence-corrected chi connectivity index (χ0v) is 12.0. The van der Waals surface area contributed by atoms with Crippen LogP contribution < -0.4 is 5.73 Å². The van der Waals surface area contributed by atoms with Crippen molar-refractivity contribution in [1.82, 2.24) is 4.90 Å². The van der Waals surface area contributed by atoms with Crippen LogP contribution in [0.3, 0.4) is 0 Å². The SMILES string of the molecule is CCCN(CC)C(CN)C1CCCCCCC1. The van der Waals surface area contributed by atoms with Gasteiger partial charge < -0.3 is 5.73 Å². The Hall–Kier alpha value is -0.0800. The summed E-state index contributed by atoms with van der Waals surface area (Å²) in [6, 6.07) is 0.637. The van der Waals surface area contributed by atoms with Gasteiger partial charge in [0, 0.05) is 12.6 Å². The molecule has 0 bridgehead atoms. The van der Waals surface area contributed by atoms with Crippen molar-refractivity contribution in [2.24, 2.45) is 11.7 Å². The Morgan fingerprint density at radius 1 is 1.06 bits per heavy atom. The Kier molecular flexibility index (Phi) is 7.87. The number of nitrogens with zero attached hydrogens (tertiary/aromatic N) is 1. The second-order valence-corrected chi connectivity index (χ2v) is 5.54. The van der Waals surface area contributed by atoms with E-state index in [0.717, 1.165) is 19.0 Å². The van der Waals surface area contributed by atoms with Gasteiger partial charge in [-0.25, -0.2) is 0 Å². The number of likely N-dealkylation sites (N-methyl/N-ethyl adjacent to an activating group) is 1. The topological polar surface area (TPSA) is 29.3 Å². The number of rotatable bonds is 6. The van der Waals surface area contributed by atoms with E-state index in [1.54, 1.807) is 0 Å². The fourth-order valence-corrected chi connectivity index (χ4v) is 3.36. The van der Waals surface area contributed by atoms with Gasteiger partial charge in [0.15, 0.2) is 0 Å². The van der Waals surface area contributed by atoms with Crippen molar-refractivity contribution in [1.29, 1.82) is 0 Å². The normalized spacial score (nSPS) is 21.2. The van der Waals surface area contributed by atoms with Crippen LogP contribution in [0.1, 0.15) is 65.2 Å². The summed E-state index contributed by atoms with van der Waals surface area (Å²) >= 11 is 0. The molecule has 0 aromatic rings. The summed E-state index contributed by atoms with van der Waals surface area (Å²) in [5.74, 6) is 0.854.